The largest absolute Gasteiger partial charge is 0.468 e. The average molecular weight is 463 g/mol. The Morgan fingerprint density at radius 1 is 1.36 bits per heavy atom. The third-order valence-corrected chi connectivity index (χ3v) is 4.94. The zero-order chi connectivity index (χ0) is 24.3. The quantitative estimate of drug-likeness (QED) is 0.232. The van der Waals surface area contributed by atoms with Crippen molar-refractivity contribution in [3.63, 3.8) is 0 Å². The lowest BCUT2D eigenvalue weighted by Crippen LogP contribution is -2.33. The van der Waals surface area contributed by atoms with Crippen molar-refractivity contribution < 1.29 is 27.4 Å². The Hall–Kier alpha value is -3.55. The average Bonchev–Trinajstić information content (AvgIpc) is 3.52. The van der Waals surface area contributed by atoms with Gasteiger partial charge in [-0.05, 0) is 31.9 Å². The van der Waals surface area contributed by atoms with E-state index in [0.717, 1.165) is 25.0 Å². The number of halogens is 3. The molecule has 1 aromatic rings. The number of carbonyl (C=O) groups excluding carboxylic acids is 1. The van der Waals surface area contributed by atoms with Gasteiger partial charge in [-0.15, -0.1) is 0 Å². The van der Waals surface area contributed by atoms with E-state index < -0.39 is 35.9 Å². The van der Waals surface area contributed by atoms with Gasteiger partial charge in [-0.2, -0.15) is 23.5 Å². The molecule has 2 atom stereocenters. The number of rotatable bonds is 8. The molecule has 1 aliphatic heterocycles. The first-order valence-corrected chi connectivity index (χ1v) is 10.4. The summed E-state index contributed by atoms with van der Waals surface area (Å²) >= 11 is 0. The maximum atomic E-state index is 13.1. The van der Waals surface area contributed by atoms with Gasteiger partial charge in [0.2, 0.25) is 0 Å². The maximum Gasteiger partial charge on any atom is 0.416 e. The van der Waals surface area contributed by atoms with Gasteiger partial charge in [0.15, 0.2) is 18.2 Å². The summed E-state index contributed by atoms with van der Waals surface area (Å²) < 4.78 is 50.5. The molecule has 33 heavy (non-hydrogen) atoms. The molecule has 0 radical (unpaired) electrons. The molecule has 0 amide bonds. The molecule has 0 saturated heterocycles. The summed E-state index contributed by atoms with van der Waals surface area (Å²) in [5.74, 6) is -0.356. The molecule has 8 nitrogen and oxygen atoms in total. The molecule has 3 rings (SSSR count). The summed E-state index contributed by atoms with van der Waals surface area (Å²) in [4.78, 5) is 11.8. The molecule has 1 aliphatic carbocycles. The minimum Gasteiger partial charge on any atom is -0.468 e. The first-order chi connectivity index (χ1) is 15.5. The van der Waals surface area contributed by atoms with E-state index in [9.17, 15) is 23.2 Å². The molecule has 0 aromatic heterocycles. The summed E-state index contributed by atoms with van der Waals surface area (Å²) in [6.45, 7) is 4.89. The highest BCUT2D eigenvalue weighted by atomic mass is 19.4. The van der Waals surface area contributed by atoms with Crippen LogP contribution in [0.5, 0.6) is 0 Å². The summed E-state index contributed by atoms with van der Waals surface area (Å²) in [5.41, 5.74) is 1.71. The minimum atomic E-state index is -4.51. The van der Waals surface area contributed by atoms with Crippen LogP contribution in [0.25, 0.3) is 0 Å². The number of nitriles is 1. The van der Waals surface area contributed by atoms with Gasteiger partial charge in [-0.25, -0.2) is 0 Å². The van der Waals surface area contributed by atoms with Crippen LogP contribution in [0.2, 0.25) is 0 Å². The van der Waals surface area contributed by atoms with E-state index >= 15 is 0 Å². The van der Waals surface area contributed by atoms with Gasteiger partial charge in [0, 0.05) is 11.5 Å². The Morgan fingerprint density at radius 2 is 2.06 bits per heavy atom. The summed E-state index contributed by atoms with van der Waals surface area (Å²) in [6, 6.07) is 6.46. The van der Waals surface area contributed by atoms with Crippen LogP contribution in [-0.2, 0) is 20.4 Å². The number of hydrogen-bond acceptors (Lipinski definition) is 8. The predicted octanol–water partition coefficient (Wildman–Crippen LogP) is 3.98. The van der Waals surface area contributed by atoms with Gasteiger partial charge in [-0.1, -0.05) is 26.0 Å². The van der Waals surface area contributed by atoms with E-state index in [1.807, 2.05) is 0 Å². The molecule has 2 unspecified atom stereocenters. The van der Waals surface area contributed by atoms with E-state index in [0.29, 0.717) is 5.76 Å². The lowest BCUT2D eigenvalue weighted by molar-refractivity contribution is -0.153. The highest BCUT2D eigenvalue weighted by molar-refractivity contribution is 6.52. The van der Waals surface area contributed by atoms with E-state index in [2.05, 4.69) is 15.8 Å². The van der Waals surface area contributed by atoms with Crippen LogP contribution in [0, 0.1) is 28.6 Å². The van der Waals surface area contributed by atoms with Crippen LogP contribution in [0.3, 0.4) is 0 Å². The number of nitrogens with one attached hydrogen (secondary N) is 3. The van der Waals surface area contributed by atoms with Gasteiger partial charge in [0.1, 0.15) is 23.2 Å². The molecule has 3 N–H and O–H groups in total. The van der Waals surface area contributed by atoms with Crippen LogP contribution in [-0.4, -0.2) is 23.6 Å². The number of benzene rings is 1. The summed E-state index contributed by atoms with van der Waals surface area (Å²) in [6.07, 6.45) is -4.68. The van der Waals surface area contributed by atoms with E-state index in [1.165, 1.54) is 19.1 Å². The summed E-state index contributed by atoms with van der Waals surface area (Å²) in [5, 5.41) is 24.4. The Morgan fingerprint density at radius 3 is 2.64 bits per heavy atom. The van der Waals surface area contributed by atoms with Crippen molar-refractivity contribution in [3.8, 4) is 6.07 Å². The lowest BCUT2D eigenvalue weighted by atomic mass is 10.1. The molecule has 1 saturated carbocycles. The van der Waals surface area contributed by atoms with E-state index in [-0.39, 0.29) is 28.8 Å². The molecular formula is C22H24F3N5O3. The van der Waals surface area contributed by atoms with Crippen LogP contribution in [0.1, 0.15) is 51.0 Å². The summed E-state index contributed by atoms with van der Waals surface area (Å²) in [7, 11) is 0. The highest BCUT2D eigenvalue weighted by Gasteiger charge is 2.40. The first-order valence-electron chi connectivity index (χ1n) is 10.4. The Kier molecular flexibility index (Phi) is 6.95. The van der Waals surface area contributed by atoms with E-state index in [4.69, 9.17) is 14.9 Å². The van der Waals surface area contributed by atoms with Gasteiger partial charge in [-0.3, -0.25) is 15.6 Å². The number of carbonyl (C=O) groups is 1. The molecule has 1 heterocycles. The predicted molar refractivity (Wildman–Crippen MR) is 112 cm³/mol. The topological polar surface area (TPSA) is 120 Å². The van der Waals surface area contributed by atoms with Gasteiger partial charge in [0.25, 0.3) is 0 Å². The van der Waals surface area contributed by atoms with Gasteiger partial charge < -0.3 is 14.8 Å². The monoisotopic (exact) mass is 463 g/mol. The third-order valence-electron chi connectivity index (χ3n) is 4.94. The Balaban J connectivity index is 1.87. The number of hydrogen-bond donors (Lipinski definition) is 3. The fourth-order valence-electron chi connectivity index (χ4n) is 3.06. The van der Waals surface area contributed by atoms with Crippen LogP contribution in [0.15, 0.2) is 40.8 Å². The normalized spacial score (nSPS) is 19.5. The molecule has 0 spiro atoms. The lowest BCUT2D eigenvalue weighted by Gasteiger charge is -2.16. The van der Waals surface area contributed by atoms with Crippen molar-refractivity contribution in [3.05, 3.63) is 46.8 Å². The molecule has 176 valence electrons. The Labute approximate surface area is 188 Å². The van der Waals surface area contributed by atoms with Crippen molar-refractivity contribution in [1.82, 2.24) is 10.7 Å². The van der Waals surface area contributed by atoms with Gasteiger partial charge >= 0.3 is 12.1 Å². The van der Waals surface area contributed by atoms with Crippen LogP contribution in [0.4, 0.5) is 13.2 Å². The maximum absolute atomic E-state index is 13.1. The molecule has 2 aliphatic rings. The van der Waals surface area contributed by atoms with Crippen LogP contribution >= 0.6 is 0 Å². The van der Waals surface area contributed by atoms with E-state index in [1.54, 1.807) is 19.9 Å². The molecule has 1 aromatic carbocycles. The van der Waals surface area contributed by atoms with Crippen molar-refractivity contribution in [2.45, 2.75) is 52.2 Å². The number of ether oxygens (including phenoxy) is 2. The number of esters is 1. The minimum absolute atomic E-state index is 0.0104. The zero-order valence-corrected chi connectivity index (χ0v) is 18.3. The second kappa shape index (κ2) is 9.52. The second-order valence-electron chi connectivity index (χ2n) is 8.09. The molecule has 11 heteroatoms. The van der Waals surface area contributed by atoms with Crippen molar-refractivity contribution in [2.24, 2.45) is 16.9 Å². The molecule has 0 bridgehead atoms. The smallest absolute Gasteiger partial charge is 0.416 e. The number of nitrogens with zero attached hydrogens (tertiary/aromatic N) is 2. The van der Waals surface area contributed by atoms with Gasteiger partial charge in [0.05, 0.1) is 11.5 Å². The van der Waals surface area contributed by atoms with Crippen molar-refractivity contribution in [2.75, 3.05) is 0 Å². The first kappa shape index (κ1) is 24.1. The zero-order valence-electron chi connectivity index (χ0n) is 18.3. The Bertz CT molecular complexity index is 1040. The standard InChI is InChI=1S/C22H24F3N5O3/c1-11(2)21(31)32-12(3)29-30-17(16(27)10-26)18-19(13-7-8-13)33-20(28-18)14-5-4-6-15(9-14)22(23,24)25/h4-6,9,11-13,20,27-29H,7-8H2,1-3H3/b27-16?,30-17+. The second-order valence-corrected chi connectivity index (χ2v) is 8.09. The van der Waals surface area contributed by atoms with Crippen molar-refractivity contribution in [1.29, 1.82) is 10.7 Å². The SMILES string of the molecule is CC(N/N=C(\C(=N)C#N)C1=C(C2CC2)OC(c2cccc(C(F)(F)F)c2)N1)OC(=O)C(C)C. The molecular weight excluding hydrogens is 439 g/mol. The number of allylic oxidation sites excluding steroid dienone is 2. The van der Waals surface area contributed by atoms with Crippen LogP contribution < -0.4 is 10.7 Å². The number of hydrazone groups is 1. The number of alkyl halides is 3. The fraction of sp³-hybridized carbons (Fsp3) is 0.455. The third kappa shape index (κ3) is 5.83. The van der Waals surface area contributed by atoms with Crippen molar-refractivity contribution >= 4 is 17.4 Å². The highest BCUT2D eigenvalue weighted by Crippen LogP contribution is 2.44. The molecule has 1 fully saturated rings. The fourth-order valence-corrected chi connectivity index (χ4v) is 3.06.